The van der Waals surface area contributed by atoms with Gasteiger partial charge in [0.1, 0.15) is 0 Å². The summed E-state index contributed by atoms with van der Waals surface area (Å²) in [5, 5.41) is 13.8. The predicted octanol–water partition coefficient (Wildman–Crippen LogP) is 4.83. The number of aromatic amines is 1. The number of hydrazone groups is 1. The van der Waals surface area contributed by atoms with Crippen LogP contribution in [-0.4, -0.2) is 39.4 Å². The van der Waals surface area contributed by atoms with Gasteiger partial charge in [0.2, 0.25) is 0 Å². The number of H-pyrrole nitrogens is 1. The molecule has 3 aromatic carbocycles. The number of allylic oxidation sites excluding steroid dienone is 1. The van der Waals surface area contributed by atoms with Gasteiger partial charge in [-0.25, -0.2) is 10.1 Å². The summed E-state index contributed by atoms with van der Waals surface area (Å²) in [4.78, 5) is 38.3. The summed E-state index contributed by atoms with van der Waals surface area (Å²) in [6, 6.07) is 26.7. The number of ether oxygens (including phenoxy) is 1. The SMILES string of the molecule is O=C(Cc1n[nH]c(=O)c2ccccc12)OCC(=O)N1N=C2/C(=C\c3ccccc3)CCCC2C1c1ccccc1. The van der Waals surface area contributed by atoms with E-state index in [1.807, 2.05) is 48.5 Å². The van der Waals surface area contributed by atoms with Crippen molar-refractivity contribution < 1.29 is 14.3 Å². The van der Waals surface area contributed by atoms with Gasteiger partial charge in [0.25, 0.3) is 11.5 Å². The monoisotopic (exact) mass is 532 g/mol. The molecule has 1 aromatic heterocycles. The molecule has 0 spiro atoms. The van der Waals surface area contributed by atoms with Gasteiger partial charge in [-0.2, -0.15) is 10.2 Å². The van der Waals surface area contributed by atoms with Gasteiger partial charge in [-0.3, -0.25) is 14.4 Å². The molecule has 0 bridgehead atoms. The molecule has 40 heavy (non-hydrogen) atoms. The highest BCUT2D eigenvalue weighted by molar-refractivity contribution is 6.08. The maximum Gasteiger partial charge on any atom is 0.312 e. The Bertz CT molecular complexity index is 1680. The number of fused-ring (bicyclic) bond motifs is 2. The van der Waals surface area contributed by atoms with Gasteiger partial charge in [0.05, 0.1) is 29.3 Å². The van der Waals surface area contributed by atoms with Crippen LogP contribution in [-0.2, 0) is 20.7 Å². The van der Waals surface area contributed by atoms with Crippen molar-refractivity contribution in [1.29, 1.82) is 0 Å². The summed E-state index contributed by atoms with van der Waals surface area (Å²) in [5.74, 6) is -0.937. The minimum Gasteiger partial charge on any atom is -0.455 e. The molecule has 1 N–H and O–H groups in total. The molecule has 2 unspecified atom stereocenters. The second kappa shape index (κ2) is 11.1. The zero-order chi connectivity index (χ0) is 27.5. The predicted molar refractivity (Wildman–Crippen MR) is 152 cm³/mol. The topological polar surface area (TPSA) is 105 Å². The second-order valence-electron chi connectivity index (χ2n) is 10.0. The number of rotatable bonds is 6. The van der Waals surface area contributed by atoms with Crippen LogP contribution in [0.2, 0.25) is 0 Å². The molecular weight excluding hydrogens is 504 g/mol. The second-order valence-corrected chi connectivity index (χ2v) is 10.0. The van der Waals surface area contributed by atoms with Crippen LogP contribution in [0.15, 0.2) is 100 Å². The van der Waals surface area contributed by atoms with E-state index < -0.39 is 12.6 Å². The Labute approximate surface area is 231 Å². The van der Waals surface area contributed by atoms with Crippen molar-refractivity contribution in [2.75, 3.05) is 6.61 Å². The van der Waals surface area contributed by atoms with Crippen LogP contribution in [0.3, 0.4) is 0 Å². The van der Waals surface area contributed by atoms with Crippen molar-refractivity contribution in [3.05, 3.63) is 118 Å². The third kappa shape index (κ3) is 5.08. The van der Waals surface area contributed by atoms with E-state index in [4.69, 9.17) is 9.84 Å². The van der Waals surface area contributed by atoms with E-state index in [9.17, 15) is 14.4 Å². The molecule has 1 fully saturated rings. The fourth-order valence-electron chi connectivity index (χ4n) is 5.64. The number of benzene rings is 3. The van der Waals surface area contributed by atoms with Gasteiger partial charge in [-0.15, -0.1) is 0 Å². The van der Waals surface area contributed by atoms with Crippen molar-refractivity contribution in [1.82, 2.24) is 15.2 Å². The summed E-state index contributed by atoms with van der Waals surface area (Å²) >= 11 is 0. The lowest BCUT2D eigenvalue weighted by Crippen LogP contribution is -2.34. The summed E-state index contributed by atoms with van der Waals surface area (Å²) in [6.07, 6.45) is 4.79. The van der Waals surface area contributed by atoms with Crippen LogP contribution in [0, 0.1) is 5.92 Å². The molecule has 2 heterocycles. The maximum absolute atomic E-state index is 13.5. The largest absolute Gasteiger partial charge is 0.455 e. The zero-order valence-electron chi connectivity index (χ0n) is 21.8. The van der Waals surface area contributed by atoms with E-state index in [0.717, 1.165) is 41.7 Å². The molecule has 2 aliphatic rings. The molecule has 1 aliphatic carbocycles. The highest BCUT2D eigenvalue weighted by atomic mass is 16.5. The van der Waals surface area contributed by atoms with Crippen molar-refractivity contribution in [3.63, 3.8) is 0 Å². The van der Waals surface area contributed by atoms with E-state index in [0.29, 0.717) is 16.5 Å². The third-order valence-electron chi connectivity index (χ3n) is 7.48. The molecule has 4 aromatic rings. The van der Waals surface area contributed by atoms with Crippen LogP contribution in [0.4, 0.5) is 0 Å². The molecule has 8 nitrogen and oxygen atoms in total. The van der Waals surface area contributed by atoms with Gasteiger partial charge in [-0.05, 0) is 48.1 Å². The lowest BCUT2D eigenvalue weighted by atomic mass is 9.77. The number of amides is 1. The number of carbonyl (C=O) groups is 2. The molecule has 6 rings (SSSR count). The number of esters is 1. The Morgan fingerprint density at radius 1 is 0.950 bits per heavy atom. The van der Waals surface area contributed by atoms with E-state index >= 15 is 0 Å². The summed E-state index contributed by atoms with van der Waals surface area (Å²) in [5.41, 5.74) is 4.21. The lowest BCUT2D eigenvalue weighted by molar-refractivity contribution is -0.152. The van der Waals surface area contributed by atoms with E-state index in [1.54, 1.807) is 24.3 Å². The Hall–Kier alpha value is -4.85. The van der Waals surface area contributed by atoms with Gasteiger partial charge >= 0.3 is 5.97 Å². The highest BCUT2D eigenvalue weighted by Crippen LogP contribution is 2.44. The molecule has 1 aliphatic heterocycles. The van der Waals surface area contributed by atoms with E-state index in [-0.39, 0.29) is 29.8 Å². The first kappa shape index (κ1) is 25.4. The Morgan fingerprint density at radius 2 is 1.65 bits per heavy atom. The molecule has 1 saturated carbocycles. The Kier molecular flexibility index (Phi) is 7.06. The molecule has 0 saturated heterocycles. The number of nitrogens with zero attached hydrogens (tertiary/aromatic N) is 3. The minimum atomic E-state index is -0.608. The normalized spacial score (nSPS) is 19.4. The van der Waals surface area contributed by atoms with Gasteiger partial charge in [0, 0.05) is 11.3 Å². The fourth-order valence-corrected chi connectivity index (χ4v) is 5.64. The number of nitrogens with one attached hydrogen (secondary N) is 1. The number of hydrogen-bond acceptors (Lipinski definition) is 6. The average Bonchev–Trinajstić information content (AvgIpc) is 3.39. The highest BCUT2D eigenvalue weighted by Gasteiger charge is 2.43. The van der Waals surface area contributed by atoms with Crippen LogP contribution < -0.4 is 5.56 Å². The quantitative estimate of drug-likeness (QED) is 0.358. The van der Waals surface area contributed by atoms with Gasteiger partial charge < -0.3 is 4.74 Å². The summed E-state index contributed by atoms with van der Waals surface area (Å²) in [6.45, 7) is -0.440. The minimum absolute atomic E-state index is 0.0578. The van der Waals surface area contributed by atoms with Crippen molar-refractivity contribution in [3.8, 4) is 0 Å². The molecule has 200 valence electrons. The van der Waals surface area contributed by atoms with Crippen LogP contribution in [0.1, 0.15) is 42.1 Å². The number of carbonyl (C=O) groups excluding carboxylic acids is 2. The Morgan fingerprint density at radius 3 is 2.42 bits per heavy atom. The zero-order valence-corrected chi connectivity index (χ0v) is 21.8. The summed E-state index contributed by atoms with van der Waals surface area (Å²) in [7, 11) is 0. The fraction of sp³-hybridized carbons (Fsp3) is 0.219. The van der Waals surface area contributed by atoms with E-state index in [1.165, 1.54) is 5.01 Å². The molecular formula is C32H28N4O4. The van der Waals surface area contributed by atoms with Crippen molar-refractivity contribution in [2.45, 2.75) is 31.7 Å². The van der Waals surface area contributed by atoms with Crippen molar-refractivity contribution >= 4 is 34.4 Å². The molecule has 1 amide bonds. The van der Waals surface area contributed by atoms with Gasteiger partial charge in [0.15, 0.2) is 6.61 Å². The van der Waals surface area contributed by atoms with Crippen LogP contribution in [0.5, 0.6) is 0 Å². The first-order valence-electron chi connectivity index (χ1n) is 13.4. The average molecular weight is 533 g/mol. The Balaban J connectivity index is 1.23. The smallest absolute Gasteiger partial charge is 0.312 e. The first-order chi connectivity index (χ1) is 19.6. The van der Waals surface area contributed by atoms with Crippen LogP contribution in [0.25, 0.3) is 16.8 Å². The van der Waals surface area contributed by atoms with E-state index in [2.05, 4.69) is 28.4 Å². The molecule has 8 heteroatoms. The van der Waals surface area contributed by atoms with Gasteiger partial charge in [-0.1, -0.05) is 78.9 Å². The van der Waals surface area contributed by atoms with Crippen LogP contribution >= 0.6 is 0 Å². The number of aromatic nitrogens is 2. The molecule has 0 radical (unpaired) electrons. The summed E-state index contributed by atoms with van der Waals surface area (Å²) < 4.78 is 5.41. The first-order valence-corrected chi connectivity index (χ1v) is 13.4. The van der Waals surface area contributed by atoms with Crippen molar-refractivity contribution in [2.24, 2.45) is 11.0 Å². The number of hydrogen-bond donors (Lipinski definition) is 1. The molecule has 2 atom stereocenters. The third-order valence-corrected chi connectivity index (χ3v) is 7.48. The maximum atomic E-state index is 13.5. The lowest BCUT2D eigenvalue weighted by Gasteiger charge is -2.29. The standard InChI is InChI=1S/C32H28N4O4/c37-28(20-40-29(38)19-27-24-15-7-8-16-25(24)32(39)34-33-27)36-31(22-12-5-2-6-13-22)26-17-9-14-23(30(26)35-36)18-21-10-3-1-4-11-21/h1-8,10-13,15-16,18,26,31H,9,14,17,19-20H2,(H,34,39)/b23-18-.